The molecule has 0 aliphatic rings. The third-order valence-corrected chi connectivity index (χ3v) is 1.55. The van der Waals surface area contributed by atoms with Gasteiger partial charge in [-0.15, -0.1) is 0 Å². The number of rotatable bonds is 5. The van der Waals surface area contributed by atoms with Crippen molar-refractivity contribution in [3.05, 3.63) is 18.0 Å². The normalized spacial score (nSPS) is 10.0. The summed E-state index contributed by atoms with van der Waals surface area (Å²) in [6.45, 7) is 1.42. The molecule has 0 saturated heterocycles. The first-order chi connectivity index (χ1) is 6.36. The molecule has 0 atom stereocenters. The zero-order chi connectivity index (χ0) is 9.52. The molecule has 72 valence electrons. The molecule has 0 amide bonds. The van der Waals surface area contributed by atoms with Crippen LogP contribution in [0.4, 0.5) is 5.95 Å². The van der Waals surface area contributed by atoms with E-state index in [4.69, 9.17) is 5.11 Å². The summed E-state index contributed by atoms with van der Waals surface area (Å²) in [7, 11) is 1.78. The minimum Gasteiger partial charge on any atom is -0.395 e. The molecule has 0 radical (unpaired) electrons. The molecule has 5 heteroatoms. The summed E-state index contributed by atoms with van der Waals surface area (Å²) in [4.78, 5) is 8.10. The van der Waals surface area contributed by atoms with Crippen LogP contribution in [-0.4, -0.2) is 35.3 Å². The number of aliphatic hydroxyl groups excluding tert-OH is 1. The van der Waals surface area contributed by atoms with Crippen LogP contribution in [0.5, 0.6) is 0 Å². The van der Waals surface area contributed by atoms with E-state index in [9.17, 15) is 0 Å². The zero-order valence-electron chi connectivity index (χ0n) is 7.62. The van der Waals surface area contributed by atoms with Crippen molar-refractivity contribution >= 4 is 5.95 Å². The molecule has 3 N–H and O–H groups in total. The lowest BCUT2D eigenvalue weighted by Crippen LogP contribution is -2.17. The molecular weight excluding hydrogens is 168 g/mol. The molecule has 13 heavy (non-hydrogen) atoms. The van der Waals surface area contributed by atoms with E-state index in [2.05, 4.69) is 20.6 Å². The monoisotopic (exact) mass is 182 g/mol. The van der Waals surface area contributed by atoms with Gasteiger partial charge < -0.3 is 15.7 Å². The van der Waals surface area contributed by atoms with Crippen LogP contribution in [0, 0.1) is 0 Å². The highest BCUT2D eigenvalue weighted by Crippen LogP contribution is 1.98. The third kappa shape index (κ3) is 3.35. The molecule has 1 aromatic heterocycles. The van der Waals surface area contributed by atoms with Crippen molar-refractivity contribution in [3.63, 3.8) is 0 Å². The van der Waals surface area contributed by atoms with E-state index in [1.807, 2.05) is 0 Å². The highest BCUT2D eigenvalue weighted by Gasteiger charge is 1.94. The molecule has 5 nitrogen and oxygen atoms in total. The van der Waals surface area contributed by atoms with E-state index in [1.165, 1.54) is 0 Å². The lowest BCUT2D eigenvalue weighted by molar-refractivity contribution is 0.292. The van der Waals surface area contributed by atoms with Gasteiger partial charge in [0.25, 0.3) is 0 Å². The van der Waals surface area contributed by atoms with Gasteiger partial charge in [-0.3, -0.25) is 0 Å². The minimum atomic E-state index is 0.148. The van der Waals surface area contributed by atoms with Crippen molar-refractivity contribution in [2.24, 2.45) is 0 Å². The fourth-order valence-corrected chi connectivity index (χ4v) is 0.887. The number of aromatic nitrogens is 2. The molecule has 0 unspecified atom stereocenters. The van der Waals surface area contributed by atoms with Crippen molar-refractivity contribution in [2.45, 2.75) is 6.54 Å². The Morgan fingerprint density at radius 1 is 1.38 bits per heavy atom. The lowest BCUT2D eigenvalue weighted by atomic mass is 10.3. The van der Waals surface area contributed by atoms with Crippen LogP contribution in [0.3, 0.4) is 0 Å². The van der Waals surface area contributed by atoms with Gasteiger partial charge in [-0.1, -0.05) is 0 Å². The standard InChI is InChI=1S/C8H14N4O/c1-9-8-11-5-7(6-12-8)4-10-2-3-13/h5-6,10,13H,2-4H2,1H3,(H,9,11,12). The van der Waals surface area contributed by atoms with Gasteiger partial charge in [0.05, 0.1) is 6.61 Å². The first kappa shape index (κ1) is 9.88. The first-order valence-corrected chi connectivity index (χ1v) is 4.17. The Kier molecular flexibility index (Phi) is 4.14. The Bertz CT molecular complexity index is 236. The molecule has 1 aromatic rings. The van der Waals surface area contributed by atoms with Crippen LogP contribution >= 0.6 is 0 Å². The Morgan fingerprint density at radius 3 is 2.62 bits per heavy atom. The van der Waals surface area contributed by atoms with Crippen LogP contribution < -0.4 is 10.6 Å². The maximum absolute atomic E-state index is 8.52. The third-order valence-electron chi connectivity index (χ3n) is 1.55. The Hall–Kier alpha value is -1.20. The molecule has 0 bridgehead atoms. The second-order valence-corrected chi connectivity index (χ2v) is 2.57. The first-order valence-electron chi connectivity index (χ1n) is 4.17. The van der Waals surface area contributed by atoms with Gasteiger partial charge >= 0.3 is 0 Å². The van der Waals surface area contributed by atoms with Crippen LogP contribution in [0.1, 0.15) is 5.56 Å². The topological polar surface area (TPSA) is 70.1 Å². The quantitative estimate of drug-likeness (QED) is 0.540. The summed E-state index contributed by atoms with van der Waals surface area (Å²) >= 11 is 0. The summed E-state index contributed by atoms with van der Waals surface area (Å²) in [5.74, 6) is 0.617. The Labute approximate surface area is 77.2 Å². The lowest BCUT2D eigenvalue weighted by Gasteiger charge is -2.02. The Morgan fingerprint density at radius 2 is 2.08 bits per heavy atom. The molecule has 0 spiro atoms. The van der Waals surface area contributed by atoms with Gasteiger partial charge in [-0.2, -0.15) is 0 Å². The molecule has 0 aromatic carbocycles. The number of aliphatic hydroxyl groups is 1. The predicted octanol–water partition coefficient (Wildman–Crippen LogP) is -0.400. The second kappa shape index (κ2) is 5.45. The van der Waals surface area contributed by atoms with E-state index in [0.717, 1.165) is 5.56 Å². The van der Waals surface area contributed by atoms with Crippen LogP contribution in [-0.2, 0) is 6.54 Å². The minimum absolute atomic E-state index is 0.148. The highest BCUT2D eigenvalue weighted by molar-refractivity contribution is 5.22. The number of hydrogen-bond donors (Lipinski definition) is 3. The van der Waals surface area contributed by atoms with Crippen LogP contribution in [0.15, 0.2) is 12.4 Å². The summed E-state index contributed by atoms with van der Waals surface area (Å²) < 4.78 is 0. The maximum Gasteiger partial charge on any atom is 0.222 e. The van der Waals surface area contributed by atoms with Gasteiger partial charge in [-0.25, -0.2) is 9.97 Å². The Balaban J connectivity index is 2.40. The molecule has 1 rings (SSSR count). The maximum atomic E-state index is 8.52. The van der Waals surface area contributed by atoms with Gasteiger partial charge in [-0.05, 0) is 0 Å². The van der Waals surface area contributed by atoms with Crippen LogP contribution in [0.25, 0.3) is 0 Å². The second-order valence-electron chi connectivity index (χ2n) is 2.57. The average molecular weight is 182 g/mol. The molecule has 0 aliphatic carbocycles. The number of nitrogens with zero attached hydrogens (tertiary/aromatic N) is 2. The van der Waals surface area contributed by atoms with E-state index in [-0.39, 0.29) is 6.61 Å². The van der Waals surface area contributed by atoms with Crippen molar-refractivity contribution in [1.82, 2.24) is 15.3 Å². The molecule has 0 fully saturated rings. The summed E-state index contributed by atoms with van der Waals surface area (Å²) in [6, 6.07) is 0. The predicted molar refractivity (Wildman–Crippen MR) is 50.4 cm³/mol. The van der Waals surface area contributed by atoms with Gasteiger partial charge in [0.2, 0.25) is 5.95 Å². The van der Waals surface area contributed by atoms with Gasteiger partial charge in [0.1, 0.15) is 0 Å². The molecular formula is C8H14N4O. The number of anilines is 1. The summed E-state index contributed by atoms with van der Waals surface area (Å²) in [6.07, 6.45) is 3.51. The smallest absolute Gasteiger partial charge is 0.222 e. The van der Waals surface area contributed by atoms with Crippen molar-refractivity contribution in [2.75, 3.05) is 25.5 Å². The molecule has 0 aliphatic heterocycles. The van der Waals surface area contributed by atoms with Crippen molar-refractivity contribution in [1.29, 1.82) is 0 Å². The fraction of sp³-hybridized carbons (Fsp3) is 0.500. The van der Waals surface area contributed by atoms with Gasteiger partial charge in [0, 0.05) is 38.1 Å². The zero-order valence-corrected chi connectivity index (χ0v) is 7.62. The van der Waals surface area contributed by atoms with Crippen molar-refractivity contribution < 1.29 is 5.11 Å². The van der Waals surface area contributed by atoms with Gasteiger partial charge in [0.15, 0.2) is 0 Å². The summed E-state index contributed by atoms with van der Waals surface area (Å²) in [5.41, 5.74) is 1.01. The number of hydrogen-bond acceptors (Lipinski definition) is 5. The SMILES string of the molecule is CNc1ncc(CNCCO)cn1. The molecule has 0 saturated carbocycles. The fourth-order valence-electron chi connectivity index (χ4n) is 0.887. The highest BCUT2D eigenvalue weighted by atomic mass is 16.3. The number of nitrogens with one attached hydrogen (secondary N) is 2. The van der Waals surface area contributed by atoms with E-state index < -0.39 is 0 Å². The van der Waals surface area contributed by atoms with Crippen molar-refractivity contribution in [3.8, 4) is 0 Å². The van der Waals surface area contributed by atoms with E-state index >= 15 is 0 Å². The van der Waals surface area contributed by atoms with E-state index in [0.29, 0.717) is 19.0 Å². The summed E-state index contributed by atoms with van der Waals surface area (Å²) in [5, 5.41) is 14.4. The van der Waals surface area contributed by atoms with E-state index in [1.54, 1.807) is 19.4 Å². The largest absolute Gasteiger partial charge is 0.395 e. The average Bonchev–Trinajstić information content (AvgIpc) is 2.19. The molecule has 1 heterocycles. The van der Waals surface area contributed by atoms with Crippen LogP contribution in [0.2, 0.25) is 0 Å².